The molecule has 34 heavy (non-hydrogen) atoms. The first kappa shape index (κ1) is 25.9. The number of nitrogens with one attached hydrogen (secondary N) is 1. The lowest BCUT2D eigenvalue weighted by atomic mass is 10.1. The van der Waals surface area contributed by atoms with Crippen molar-refractivity contribution in [2.45, 2.75) is 57.1 Å². The molecule has 0 aliphatic carbocycles. The lowest BCUT2D eigenvalue weighted by molar-refractivity contribution is -0.140. The zero-order chi connectivity index (χ0) is 25.0. The molecule has 2 aromatic carbocycles. The van der Waals surface area contributed by atoms with Gasteiger partial charge in [0.15, 0.2) is 0 Å². The number of carbonyl (C=O) groups excluding carboxylic acids is 3. The smallest absolute Gasteiger partial charge is 0.269 e. The molecule has 2 atom stereocenters. The van der Waals surface area contributed by atoms with E-state index in [0.29, 0.717) is 0 Å². The highest BCUT2D eigenvalue weighted by Gasteiger charge is 2.41. The Balaban J connectivity index is 1.79. The average Bonchev–Trinajstić information content (AvgIpc) is 3.01. The number of carbonyl (C=O) groups is 3. The third-order valence-corrected chi connectivity index (χ3v) is 8.24. The van der Waals surface area contributed by atoms with Crippen molar-refractivity contribution in [3.05, 3.63) is 64.1 Å². The number of nitrogens with zero attached hydrogens (tertiary/aromatic N) is 2. The standard InChI is InChI=1S/C24H28BrN3O5S/c1-4-16(2)26-23(30)17(3)27(15-18-9-11-19(25)12-10-18)22(29)13-14-28-24(31)20-7-5-6-8-21(20)34(28,32)33/h5-12,16-17H,4,13-15H2,1-3H3,(H,26,30)/t16-,17-/m1/s1. The molecule has 10 heteroatoms. The summed E-state index contributed by atoms with van der Waals surface area (Å²) in [7, 11) is -4.01. The molecule has 3 rings (SSSR count). The molecule has 3 amide bonds. The molecule has 1 aliphatic heterocycles. The summed E-state index contributed by atoms with van der Waals surface area (Å²) in [6.07, 6.45) is 0.505. The highest BCUT2D eigenvalue weighted by molar-refractivity contribution is 9.10. The first-order valence-corrected chi connectivity index (χ1v) is 13.3. The number of amides is 3. The maximum Gasteiger partial charge on any atom is 0.269 e. The SMILES string of the molecule is CC[C@@H](C)NC(=O)[C@@H](C)N(Cc1ccc(Br)cc1)C(=O)CCN1C(=O)c2ccccc2S1(=O)=O. The average molecular weight is 550 g/mol. The molecule has 0 saturated heterocycles. The van der Waals surface area contributed by atoms with Gasteiger partial charge >= 0.3 is 0 Å². The van der Waals surface area contributed by atoms with Crippen LogP contribution in [0.5, 0.6) is 0 Å². The van der Waals surface area contributed by atoms with Gasteiger partial charge in [-0.3, -0.25) is 14.4 Å². The minimum atomic E-state index is -4.01. The van der Waals surface area contributed by atoms with Crippen LogP contribution in [0.15, 0.2) is 57.9 Å². The lowest BCUT2D eigenvalue weighted by Gasteiger charge is -2.30. The second-order valence-electron chi connectivity index (χ2n) is 8.27. The van der Waals surface area contributed by atoms with Crippen LogP contribution in [0.25, 0.3) is 0 Å². The van der Waals surface area contributed by atoms with E-state index in [1.165, 1.54) is 17.0 Å². The molecule has 2 aromatic rings. The van der Waals surface area contributed by atoms with Gasteiger partial charge in [0.05, 0.1) is 5.56 Å². The molecular weight excluding hydrogens is 522 g/mol. The molecule has 1 aliphatic rings. The van der Waals surface area contributed by atoms with Gasteiger partial charge in [-0.25, -0.2) is 12.7 Å². The Morgan fingerprint density at radius 3 is 2.35 bits per heavy atom. The van der Waals surface area contributed by atoms with Crippen molar-refractivity contribution in [3.63, 3.8) is 0 Å². The van der Waals surface area contributed by atoms with Crippen LogP contribution in [0.3, 0.4) is 0 Å². The Hall–Kier alpha value is -2.72. The number of fused-ring (bicyclic) bond motifs is 1. The van der Waals surface area contributed by atoms with Crippen LogP contribution in [0.4, 0.5) is 0 Å². The zero-order valence-electron chi connectivity index (χ0n) is 19.3. The Morgan fingerprint density at radius 2 is 1.74 bits per heavy atom. The van der Waals surface area contributed by atoms with Gasteiger partial charge < -0.3 is 10.2 Å². The molecule has 182 valence electrons. The molecule has 8 nitrogen and oxygen atoms in total. The van der Waals surface area contributed by atoms with Gasteiger partial charge in [-0.05, 0) is 50.1 Å². The summed E-state index contributed by atoms with van der Waals surface area (Å²) in [5.41, 5.74) is 0.917. The maximum atomic E-state index is 13.3. The first-order chi connectivity index (χ1) is 16.1. The molecule has 1 N–H and O–H groups in total. The van der Waals surface area contributed by atoms with Crippen LogP contribution in [0, 0.1) is 0 Å². The van der Waals surface area contributed by atoms with E-state index in [-0.39, 0.29) is 41.9 Å². The Kier molecular flexibility index (Phi) is 8.14. The van der Waals surface area contributed by atoms with Gasteiger partial charge in [0, 0.05) is 30.0 Å². The highest BCUT2D eigenvalue weighted by atomic mass is 79.9. The summed E-state index contributed by atoms with van der Waals surface area (Å²) in [6.45, 7) is 5.34. The molecule has 0 radical (unpaired) electrons. The van der Waals surface area contributed by atoms with Crippen LogP contribution in [0.1, 0.15) is 49.5 Å². The molecule has 0 bridgehead atoms. The molecular formula is C24H28BrN3O5S. The first-order valence-electron chi connectivity index (χ1n) is 11.1. The third-order valence-electron chi connectivity index (χ3n) is 5.88. The van der Waals surface area contributed by atoms with Gasteiger partial charge in [0.1, 0.15) is 10.9 Å². The second-order valence-corrected chi connectivity index (χ2v) is 11.0. The largest absolute Gasteiger partial charge is 0.352 e. The summed E-state index contributed by atoms with van der Waals surface area (Å²) in [5, 5.41) is 2.89. The fourth-order valence-electron chi connectivity index (χ4n) is 3.63. The lowest BCUT2D eigenvalue weighted by Crippen LogP contribution is -2.50. The quantitative estimate of drug-likeness (QED) is 0.516. The number of sulfonamides is 1. The summed E-state index contributed by atoms with van der Waals surface area (Å²) in [4.78, 5) is 40.1. The van der Waals surface area contributed by atoms with Crippen molar-refractivity contribution in [1.29, 1.82) is 0 Å². The van der Waals surface area contributed by atoms with E-state index >= 15 is 0 Å². The summed E-state index contributed by atoms with van der Waals surface area (Å²) >= 11 is 3.38. The van der Waals surface area contributed by atoms with Gasteiger partial charge in [0.25, 0.3) is 15.9 Å². The van der Waals surface area contributed by atoms with E-state index in [2.05, 4.69) is 21.2 Å². The molecule has 0 spiro atoms. The van der Waals surface area contributed by atoms with E-state index in [9.17, 15) is 22.8 Å². The fraction of sp³-hybridized carbons (Fsp3) is 0.375. The van der Waals surface area contributed by atoms with E-state index in [0.717, 1.165) is 20.8 Å². The van der Waals surface area contributed by atoms with Crippen LogP contribution < -0.4 is 5.32 Å². The van der Waals surface area contributed by atoms with Crippen molar-refractivity contribution < 1.29 is 22.8 Å². The second kappa shape index (κ2) is 10.7. The maximum absolute atomic E-state index is 13.3. The van der Waals surface area contributed by atoms with Crippen LogP contribution in [-0.4, -0.2) is 54.0 Å². The number of rotatable bonds is 9. The Bertz CT molecular complexity index is 1180. The van der Waals surface area contributed by atoms with Gasteiger partial charge in [-0.2, -0.15) is 0 Å². The number of benzene rings is 2. The predicted molar refractivity (Wildman–Crippen MR) is 131 cm³/mol. The van der Waals surface area contributed by atoms with Gasteiger partial charge in [-0.1, -0.05) is 47.1 Å². The minimum absolute atomic E-state index is 0.0505. The molecule has 0 unspecified atom stereocenters. The van der Waals surface area contributed by atoms with Crippen LogP contribution >= 0.6 is 15.9 Å². The number of hydrogen-bond acceptors (Lipinski definition) is 5. The van der Waals surface area contributed by atoms with E-state index in [4.69, 9.17) is 0 Å². The highest BCUT2D eigenvalue weighted by Crippen LogP contribution is 2.30. The van der Waals surface area contributed by atoms with Crippen molar-refractivity contribution in [2.24, 2.45) is 0 Å². The third kappa shape index (κ3) is 5.50. The number of halogens is 1. The van der Waals surface area contributed by atoms with Crippen LogP contribution in [-0.2, 0) is 26.2 Å². The topological polar surface area (TPSA) is 104 Å². The summed E-state index contributed by atoms with van der Waals surface area (Å²) in [5.74, 6) is -1.36. The fourth-order valence-corrected chi connectivity index (χ4v) is 5.46. The summed E-state index contributed by atoms with van der Waals surface area (Å²) in [6, 6.07) is 12.5. The van der Waals surface area contributed by atoms with Crippen molar-refractivity contribution in [1.82, 2.24) is 14.5 Å². The predicted octanol–water partition coefficient (Wildman–Crippen LogP) is 3.32. The normalized spacial score (nSPS) is 16.0. The molecule has 0 saturated carbocycles. The van der Waals surface area contributed by atoms with E-state index < -0.39 is 27.9 Å². The Labute approximate surface area is 208 Å². The molecule has 1 heterocycles. The monoisotopic (exact) mass is 549 g/mol. The molecule has 0 fully saturated rings. The summed E-state index contributed by atoms with van der Waals surface area (Å²) < 4.78 is 27.2. The van der Waals surface area contributed by atoms with Crippen molar-refractivity contribution in [2.75, 3.05) is 6.54 Å². The van der Waals surface area contributed by atoms with Crippen molar-refractivity contribution >= 4 is 43.7 Å². The van der Waals surface area contributed by atoms with Crippen molar-refractivity contribution in [3.8, 4) is 0 Å². The Morgan fingerprint density at radius 1 is 1.09 bits per heavy atom. The van der Waals surface area contributed by atoms with Gasteiger partial charge in [0.2, 0.25) is 11.8 Å². The molecule has 0 aromatic heterocycles. The zero-order valence-corrected chi connectivity index (χ0v) is 21.7. The number of hydrogen-bond donors (Lipinski definition) is 1. The van der Waals surface area contributed by atoms with Crippen LogP contribution in [0.2, 0.25) is 0 Å². The minimum Gasteiger partial charge on any atom is -0.352 e. The van der Waals surface area contributed by atoms with E-state index in [1.54, 1.807) is 19.1 Å². The van der Waals surface area contributed by atoms with Gasteiger partial charge in [-0.15, -0.1) is 0 Å². The van der Waals surface area contributed by atoms with E-state index in [1.807, 2.05) is 38.1 Å².